The van der Waals surface area contributed by atoms with E-state index in [2.05, 4.69) is 5.10 Å². The summed E-state index contributed by atoms with van der Waals surface area (Å²) in [4.78, 5) is 24.9. The number of halogens is 2. The molecule has 0 atom stereocenters. The standard InChI is InChI=1S/C19H23F2N3O3/c1-12-15(13(2)23(3)22-12)5-7-18(25)24(9-8-19(26)27)11-14-4-6-16(20)17(21)10-14/h4,6,10H,5,7-9,11H2,1-3H3,(H,26,27). The van der Waals surface area contributed by atoms with Crippen molar-refractivity contribution in [2.24, 2.45) is 7.05 Å². The Morgan fingerprint density at radius 3 is 2.44 bits per heavy atom. The molecule has 146 valence electrons. The molecule has 0 spiro atoms. The number of hydrogen-bond acceptors (Lipinski definition) is 3. The third-order valence-electron chi connectivity index (χ3n) is 4.55. The van der Waals surface area contributed by atoms with Crippen molar-refractivity contribution < 1.29 is 23.5 Å². The minimum absolute atomic E-state index is 0.00182. The monoisotopic (exact) mass is 379 g/mol. The molecule has 8 heteroatoms. The highest BCUT2D eigenvalue weighted by Crippen LogP contribution is 2.16. The first kappa shape index (κ1) is 20.5. The molecule has 2 rings (SSSR count). The smallest absolute Gasteiger partial charge is 0.305 e. The molecule has 0 radical (unpaired) electrons. The lowest BCUT2D eigenvalue weighted by Crippen LogP contribution is -2.33. The van der Waals surface area contributed by atoms with E-state index in [1.807, 2.05) is 20.9 Å². The highest BCUT2D eigenvalue weighted by atomic mass is 19.2. The van der Waals surface area contributed by atoms with Crippen LogP contribution in [0.2, 0.25) is 0 Å². The lowest BCUT2D eigenvalue weighted by molar-refractivity contribution is -0.138. The fourth-order valence-electron chi connectivity index (χ4n) is 2.95. The molecule has 6 nitrogen and oxygen atoms in total. The molecule has 0 aliphatic carbocycles. The zero-order valence-electron chi connectivity index (χ0n) is 15.6. The summed E-state index contributed by atoms with van der Waals surface area (Å²) in [5.74, 6) is -3.25. The van der Waals surface area contributed by atoms with Crippen LogP contribution in [0, 0.1) is 25.5 Å². The van der Waals surface area contributed by atoms with Gasteiger partial charge in [0, 0.05) is 32.3 Å². The van der Waals surface area contributed by atoms with Gasteiger partial charge in [0.25, 0.3) is 0 Å². The van der Waals surface area contributed by atoms with Gasteiger partial charge in [0.2, 0.25) is 5.91 Å². The van der Waals surface area contributed by atoms with E-state index in [9.17, 15) is 18.4 Å². The van der Waals surface area contributed by atoms with Crippen LogP contribution in [0.15, 0.2) is 18.2 Å². The second-order valence-corrected chi connectivity index (χ2v) is 6.48. The van der Waals surface area contributed by atoms with E-state index >= 15 is 0 Å². The molecule has 1 N–H and O–H groups in total. The van der Waals surface area contributed by atoms with E-state index in [0.717, 1.165) is 29.1 Å². The number of amides is 1. The van der Waals surface area contributed by atoms with Gasteiger partial charge in [-0.05, 0) is 43.5 Å². The summed E-state index contributed by atoms with van der Waals surface area (Å²) in [6.45, 7) is 3.81. The van der Waals surface area contributed by atoms with Crippen molar-refractivity contribution in [1.82, 2.24) is 14.7 Å². The number of carbonyl (C=O) groups excluding carboxylic acids is 1. The molecule has 1 heterocycles. The van der Waals surface area contributed by atoms with Gasteiger partial charge in [-0.25, -0.2) is 8.78 Å². The van der Waals surface area contributed by atoms with Crippen LogP contribution in [-0.4, -0.2) is 38.2 Å². The van der Waals surface area contributed by atoms with Crippen molar-refractivity contribution in [1.29, 1.82) is 0 Å². The molecular weight excluding hydrogens is 356 g/mol. The lowest BCUT2D eigenvalue weighted by Gasteiger charge is -2.22. The Bertz CT molecular complexity index is 849. The van der Waals surface area contributed by atoms with Crippen molar-refractivity contribution in [3.63, 3.8) is 0 Å². The zero-order chi connectivity index (χ0) is 20.1. The summed E-state index contributed by atoms with van der Waals surface area (Å²) in [5, 5.41) is 13.2. The van der Waals surface area contributed by atoms with Gasteiger partial charge in [-0.15, -0.1) is 0 Å². The largest absolute Gasteiger partial charge is 0.481 e. The van der Waals surface area contributed by atoms with Crippen LogP contribution in [0.25, 0.3) is 0 Å². The lowest BCUT2D eigenvalue weighted by atomic mass is 10.1. The fraction of sp³-hybridized carbons (Fsp3) is 0.421. The van der Waals surface area contributed by atoms with Gasteiger partial charge in [-0.2, -0.15) is 5.10 Å². The van der Waals surface area contributed by atoms with Crippen LogP contribution in [0.3, 0.4) is 0 Å². The number of nitrogens with zero attached hydrogens (tertiary/aromatic N) is 3. The number of aryl methyl sites for hydroxylation is 2. The van der Waals surface area contributed by atoms with Gasteiger partial charge < -0.3 is 10.0 Å². The van der Waals surface area contributed by atoms with Gasteiger partial charge in [0.05, 0.1) is 12.1 Å². The molecule has 0 aliphatic rings. The molecule has 1 aromatic heterocycles. The molecule has 0 saturated heterocycles. The van der Waals surface area contributed by atoms with E-state index in [0.29, 0.717) is 12.0 Å². The Kier molecular flexibility index (Phi) is 6.65. The first-order valence-corrected chi connectivity index (χ1v) is 8.61. The predicted molar refractivity (Wildman–Crippen MR) is 95.0 cm³/mol. The quantitative estimate of drug-likeness (QED) is 0.765. The van der Waals surface area contributed by atoms with Gasteiger partial charge in [0.15, 0.2) is 11.6 Å². The molecule has 27 heavy (non-hydrogen) atoms. The number of benzene rings is 1. The van der Waals surface area contributed by atoms with Gasteiger partial charge in [-0.1, -0.05) is 6.07 Å². The second-order valence-electron chi connectivity index (χ2n) is 6.48. The Labute approximate surface area is 156 Å². The van der Waals surface area contributed by atoms with E-state index in [4.69, 9.17) is 5.11 Å². The molecule has 0 saturated carbocycles. The van der Waals surface area contributed by atoms with Crippen molar-refractivity contribution in [2.45, 2.75) is 39.7 Å². The van der Waals surface area contributed by atoms with Gasteiger partial charge >= 0.3 is 5.97 Å². The summed E-state index contributed by atoms with van der Waals surface area (Å²) in [5.41, 5.74) is 3.21. The van der Waals surface area contributed by atoms with Crippen molar-refractivity contribution in [3.05, 3.63) is 52.3 Å². The maximum atomic E-state index is 13.4. The summed E-state index contributed by atoms with van der Waals surface area (Å²) >= 11 is 0. The summed E-state index contributed by atoms with van der Waals surface area (Å²) in [7, 11) is 1.83. The SMILES string of the molecule is Cc1nn(C)c(C)c1CCC(=O)N(CCC(=O)O)Cc1ccc(F)c(F)c1. The molecular formula is C19H23F2N3O3. The number of aromatic nitrogens is 2. The number of carboxylic acids is 1. The highest BCUT2D eigenvalue weighted by Gasteiger charge is 2.18. The summed E-state index contributed by atoms with van der Waals surface area (Å²) < 4.78 is 28.3. The normalized spacial score (nSPS) is 10.9. The number of carboxylic acid groups (broad SMARTS) is 1. The number of carbonyl (C=O) groups is 2. The first-order valence-electron chi connectivity index (χ1n) is 8.61. The van der Waals surface area contributed by atoms with Crippen LogP contribution in [-0.2, 0) is 29.6 Å². The van der Waals surface area contributed by atoms with Gasteiger partial charge in [0.1, 0.15) is 0 Å². The minimum Gasteiger partial charge on any atom is -0.481 e. The molecule has 1 amide bonds. The van der Waals surface area contributed by atoms with Crippen LogP contribution >= 0.6 is 0 Å². The average molecular weight is 379 g/mol. The molecule has 0 bridgehead atoms. The predicted octanol–water partition coefficient (Wildman–Crippen LogP) is 2.75. The molecule has 0 unspecified atom stereocenters. The minimum atomic E-state index is -1.03. The van der Waals surface area contributed by atoms with Crippen LogP contribution < -0.4 is 0 Å². The Morgan fingerprint density at radius 2 is 1.89 bits per heavy atom. The van der Waals surface area contributed by atoms with Crippen molar-refractivity contribution in [2.75, 3.05) is 6.54 Å². The zero-order valence-corrected chi connectivity index (χ0v) is 15.6. The maximum Gasteiger partial charge on any atom is 0.305 e. The average Bonchev–Trinajstić information content (AvgIpc) is 2.84. The number of rotatable bonds is 8. The molecule has 1 aromatic carbocycles. The van der Waals surface area contributed by atoms with E-state index in [1.165, 1.54) is 11.0 Å². The molecule has 0 fully saturated rings. The molecule has 2 aromatic rings. The first-order chi connectivity index (χ1) is 12.7. The fourth-order valence-corrected chi connectivity index (χ4v) is 2.95. The van der Waals surface area contributed by atoms with E-state index < -0.39 is 17.6 Å². The third-order valence-corrected chi connectivity index (χ3v) is 4.55. The maximum absolute atomic E-state index is 13.4. The number of aliphatic carboxylic acids is 1. The highest BCUT2D eigenvalue weighted by molar-refractivity contribution is 5.77. The van der Waals surface area contributed by atoms with Crippen molar-refractivity contribution >= 4 is 11.9 Å². The molecule has 0 aliphatic heterocycles. The van der Waals surface area contributed by atoms with Crippen LogP contribution in [0.1, 0.15) is 35.4 Å². The van der Waals surface area contributed by atoms with Crippen molar-refractivity contribution in [3.8, 4) is 0 Å². The topological polar surface area (TPSA) is 75.4 Å². The van der Waals surface area contributed by atoms with Crippen LogP contribution in [0.5, 0.6) is 0 Å². The van der Waals surface area contributed by atoms with E-state index in [-0.39, 0.29) is 31.8 Å². The van der Waals surface area contributed by atoms with Crippen LogP contribution in [0.4, 0.5) is 8.78 Å². The Morgan fingerprint density at radius 1 is 1.19 bits per heavy atom. The second kappa shape index (κ2) is 8.75. The number of hydrogen-bond donors (Lipinski definition) is 1. The third kappa shape index (κ3) is 5.35. The Balaban J connectivity index is 2.10. The Hall–Kier alpha value is -2.77. The summed E-state index contributed by atoms with van der Waals surface area (Å²) in [6.07, 6.45) is 0.433. The van der Waals surface area contributed by atoms with E-state index in [1.54, 1.807) is 4.68 Å². The van der Waals surface area contributed by atoms with Gasteiger partial charge in [-0.3, -0.25) is 14.3 Å². The summed E-state index contributed by atoms with van der Waals surface area (Å²) in [6, 6.07) is 3.40.